The second-order valence-electron chi connectivity index (χ2n) is 5.26. The van der Waals surface area contributed by atoms with Crippen molar-refractivity contribution in [1.29, 1.82) is 0 Å². The van der Waals surface area contributed by atoms with Crippen LogP contribution in [0.1, 0.15) is 43.4 Å². The Hall–Kier alpha value is -2.11. The van der Waals surface area contributed by atoms with Crippen molar-refractivity contribution in [2.75, 3.05) is 0 Å². The summed E-state index contributed by atoms with van der Waals surface area (Å²) in [6, 6.07) is 3.91. The molecule has 1 amide bonds. The Morgan fingerprint density at radius 2 is 2.14 bits per heavy atom. The summed E-state index contributed by atoms with van der Waals surface area (Å²) < 4.78 is 3.77. The number of carbonyl (C=O) groups is 1. The molecule has 21 heavy (non-hydrogen) atoms. The van der Waals surface area contributed by atoms with Gasteiger partial charge in [-0.25, -0.2) is 0 Å². The second-order valence-corrected chi connectivity index (χ2v) is 5.26. The van der Waals surface area contributed by atoms with Gasteiger partial charge in [-0.2, -0.15) is 10.2 Å². The molecule has 0 radical (unpaired) electrons. The lowest BCUT2D eigenvalue weighted by atomic mass is 10.2. The number of aromatic nitrogens is 4. The molecule has 6 nitrogen and oxygen atoms in total. The maximum atomic E-state index is 12.1. The third-order valence-electron chi connectivity index (χ3n) is 3.52. The van der Waals surface area contributed by atoms with Crippen molar-refractivity contribution in [2.24, 2.45) is 0 Å². The molecule has 2 aromatic heterocycles. The van der Waals surface area contributed by atoms with E-state index < -0.39 is 0 Å². The third-order valence-corrected chi connectivity index (χ3v) is 3.52. The van der Waals surface area contributed by atoms with Crippen LogP contribution in [-0.4, -0.2) is 25.5 Å². The molecule has 0 aromatic carbocycles. The molecule has 114 valence electrons. The molecule has 0 aliphatic heterocycles. The number of nitrogens with zero attached hydrogens (tertiary/aromatic N) is 4. The van der Waals surface area contributed by atoms with Gasteiger partial charge in [-0.05, 0) is 39.8 Å². The monoisotopic (exact) mass is 289 g/mol. The highest BCUT2D eigenvalue weighted by atomic mass is 16.1. The van der Waals surface area contributed by atoms with Gasteiger partial charge in [-0.1, -0.05) is 0 Å². The molecule has 0 aliphatic rings. The van der Waals surface area contributed by atoms with E-state index in [0.717, 1.165) is 23.6 Å². The molecule has 0 fully saturated rings. The average molecular weight is 289 g/mol. The van der Waals surface area contributed by atoms with Crippen LogP contribution in [0.3, 0.4) is 0 Å². The Kier molecular flexibility index (Phi) is 4.77. The predicted octanol–water partition coefficient (Wildman–Crippen LogP) is 1.98. The number of amides is 1. The van der Waals surface area contributed by atoms with Crippen LogP contribution in [0.2, 0.25) is 0 Å². The van der Waals surface area contributed by atoms with Gasteiger partial charge in [0.25, 0.3) is 0 Å². The number of rotatable bonds is 6. The number of carbonyl (C=O) groups excluding carboxylic acids is 1. The molecule has 6 heteroatoms. The average Bonchev–Trinajstić information content (AvgIpc) is 3.02. The number of aryl methyl sites for hydroxylation is 4. The number of nitrogens with one attached hydrogen (secondary N) is 1. The van der Waals surface area contributed by atoms with Crippen LogP contribution in [0.4, 0.5) is 0 Å². The van der Waals surface area contributed by atoms with Crippen molar-refractivity contribution in [2.45, 2.75) is 53.2 Å². The minimum absolute atomic E-state index is 0.0268. The van der Waals surface area contributed by atoms with E-state index in [1.54, 1.807) is 6.20 Å². The summed E-state index contributed by atoms with van der Waals surface area (Å²) in [5, 5.41) is 11.6. The van der Waals surface area contributed by atoms with Gasteiger partial charge in [0.15, 0.2) is 0 Å². The van der Waals surface area contributed by atoms with Crippen molar-refractivity contribution < 1.29 is 4.79 Å². The van der Waals surface area contributed by atoms with Crippen molar-refractivity contribution in [3.05, 3.63) is 35.4 Å². The van der Waals surface area contributed by atoms with Gasteiger partial charge in [0.1, 0.15) is 0 Å². The molecule has 1 atom stereocenters. The summed E-state index contributed by atoms with van der Waals surface area (Å²) in [5.41, 5.74) is 3.09. The summed E-state index contributed by atoms with van der Waals surface area (Å²) in [7, 11) is 0. The van der Waals surface area contributed by atoms with Crippen LogP contribution >= 0.6 is 0 Å². The highest BCUT2D eigenvalue weighted by Gasteiger charge is 2.13. The topological polar surface area (TPSA) is 64.7 Å². The lowest BCUT2D eigenvalue weighted by molar-refractivity contribution is -0.122. The van der Waals surface area contributed by atoms with Gasteiger partial charge in [0.2, 0.25) is 5.91 Å². The zero-order valence-electron chi connectivity index (χ0n) is 13.1. The standard InChI is InChI=1S/C15H23N5O/c1-5-19-14(6-8-16-19)13(4)17-15(21)7-9-20-12(3)10-11(2)18-20/h6,8,10,13H,5,7,9H2,1-4H3,(H,17,21). The smallest absolute Gasteiger partial charge is 0.222 e. The second kappa shape index (κ2) is 6.56. The first kappa shape index (κ1) is 15.3. The Bertz CT molecular complexity index is 613. The lowest BCUT2D eigenvalue weighted by Gasteiger charge is -2.15. The first-order chi connectivity index (χ1) is 10.0. The van der Waals surface area contributed by atoms with E-state index in [1.165, 1.54) is 0 Å². The summed E-state index contributed by atoms with van der Waals surface area (Å²) in [6.07, 6.45) is 2.18. The van der Waals surface area contributed by atoms with E-state index in [4.69, 9.17) is 0 Å². The zero-order valence-corrected chi connectivity index (χ0v) is 13.1. The fraction of sp³-hybridized carbons (Fsp3) is 0.533. The normalized spacial score (nSPS) is 12.4. The number of hydrogen-bond donors (Lipinski definition) is 1. The Morgan fingerprint density at radius 3 is 2.76 bits per heavy atom. The quantitative estimate of drug-likeness (QED) is 0.884. The van der Waals surface area contributed by atoms with Gasteiger partial charge in [0, 0.05) is 31.4 Å². The molecule has 2 rings (SSSR count). The van der Waals surface area contributed by atoms with E-state index >= 15 is 0 Å². The third kappa shape index (κ3) is 3.71. The van der Waals surface area contributed by atoms with Gasteiger partial charge in [-0.15, -0.1) is 0 Å². The van der Waals surface area contributed by atoms with Crippen molar-refractivity contribution in [1.82, 2.24) is 24.9 Å². The molecule has 1 unspecified atom stereocenters. The molecule has 0 saturated carbocycles. The molecule has 0 bridgehead atoms. The maximum Gasteiger partial charge on any atom is 0.222 e. The highest BCUT2D eigenvalue weighted by molar-refractivity contribution is 5.76. The van der Waals surface area contributed by atoms with Crippen molar-refractivity contribution in [3.8, 4) is 0 Å². The molecule has 1 N–H and O–H groups in total. The lowest BCUT2D eigenvalue weighted by Crippen LogP contribution is -2.29. The summed E-state index contributed by atoms with van der Waals surface area (Å²) in [5.74, 6) is 0.0268. The molecular formula is C15H23N5O. The van der Waals surface area contributed by atoms with E-state index in [0.29, 0.717) is 13.0 Å². The van der Waals surface area contributed by atoms with Crippen molar-refractivity contribution >= 4 is 5.91 Å². The van der Waals surface area contributed by atoms with Crippen LogP contribution in [0, 0.1) is 13.8 Å². The molecule has 2 aromatic rings. The fourth-order valence-electron chi connectivity index (χ4n) is 2.47. The molecule has 2 heterocycles. The van der Waals surface area contributed by atoms with Crippen LogP contribution < -0.4 is 5.32 Å². The van der Waals surface area contributed by atoms with Gasteiger partial charge in [-0.3, -0.25) is 14.2 Å². The van der Waals surface area contributed by atoms with Gasteiger partial charge >= 0.3 is 0 Å². The SMILES string of the molecule is CCn1nccc1C(C)NC(=O)CCn1nc(C)cc1C. The zero-order chi connectivity index (χ0) is 15.4. The van der Waals surface area contributed by atoms with E-state index in [1.807, 2.05) is 49.2 Å². The molecule has 0 saturated heterocycles. The van der Waals surface area contributed by atoms with Gasteiger partial charge < -0.3 is 5.32 Å². The fourth-order valence-corrected chi connectivity index (χ4v) is 2.47. The number of hydrogen-bond acceptors (Lipinski definition) is 3. The van der Waals surface area contributed by atoms with Crippen LogP contribution in [0.5, 0.6) is 0 Å². The summed E-state index contributed by atoms with van der Waals surface area (Å²) >= 11 is 0. The Labute approximate surface area is 125 Å². The summed E-state index contributed by atoms with van der Waals surface area (Å²) in [4.78, 5) is 12.1. The van der Waals surface area contributed by atoms with E-state index in [2.05, 4.69) is 15.5 Å². The largest absolute Gasteiger partial charge is 0.348 e. The minimum atomic E-state index is -0.0413. The van der Waals surface area contributed by atoms with Gasteiger partial charge in [0.05, 0.1) is 17.4 Å². The van der Waals surface area contributed by atoms with E-state index in [-0.39, 0.29) is 11.9 Å². The van der Waals surface area contributed by atoms with Crippen LogP contribution in [0.25, 0.3) is 0 Å². The maximum absolute atomic E-state index is 12.1. The predicted molar refractivity (Wildman–Crippen MR) is 80.8 cm³/mol. The molecule has 0 aliphatic carbocycles. The first-order valence-electron chi connectivity index (χ1n) is 7.33. The van der Waals surface area contributed by atoms with E-state index in [9.17, 15) is 4.79 Å². The highest BCUT2D eigenvalue weighted by Crippen LogP contribution is 2.12. The first-order valence-corrected chi connectivity index (χ1v) is 7.33. The van der Waals surface area contributed by atoms with Crippen LogP contribution in [0.15, 0.2) is 18.3 Å². The minimum Gasteiger partial charge on any atom is -0.348 e. The molecule has 0 spiro atoms. The molecular weight excluding hydrogens is 266 g/mol. The Balaban J connectivity index is 1.88. The Morgan fingerprint density at radius 1 is 1.38 bits per heavy atom. The van der Waals surface area contributed by atoms with Crippen molar-refractivity contribution in [3.63, 3.8) is 0 Å². The van der Waals surface area contributed by atoms with Crippen LogP contribution in [-0.2, 0) is 17.9 Å². The summed E-state index contributed by atoms with van der Waals surface area (Å²) in [6.45, 7) is 9.37.